The fourth-order valence-electron chi connectivity index (χ4n) is 1.81. The zero-order valence-electron chi connectivity index (χ0n) is 10.4. The zero-order valence-corrected chi connectivity index (χ0v) is 10.4. The van der Waals surface area contributed by atoms with Crippen LogP contribution in [0.1, 0.15) is 70.6 Å². The summed E-state index contributed by atoms with van der Waals surface area (Å²) in [7, 11) is 0. The van der Waals surface area contributed by atoms with E-state index in [4.69, 9.17) is 11.8 Å². The zero-order chi connectivity index (χ0) is 11.9. The molecule has 0 saturated carbocycles. The van der Waals surface area contributed by atoms with Gasteiger partial charge in [-0.05, 0) is 12.8 Å². The number of unbranched alkanes of at least 4 members (excludes halogenated alkanes) is 10. The van der Waals surface area contributed by atoms with Crippen LogP contribution in [0.3, 0.4) is 0 Å². The Bertz CT molecular complexity index is 186. The fraction of sp³-hybridized carbons (Fsp3) is 0.857. The summed E-state index contributed by atoms with van der Waals surface area (Å²) in [5.74, 6) is 0. The van der Waals surface area contributed by atoms with Crippen LogP contribution in [-0.2, 0) is 0 Å². The van der Waals surface area contributed by atoms with E-state index >= 15 is 0 Å². The van der Waals surface area contributed by atoms with Crippen LogP contribution in [0.25, 0.3) is 4.85 Å². The molecule has 90 valence electrons. The van der Waals surface area contributed by atoms with Gasteiger partial charge in [-0.2, -0.15) is 5.26 Å². The minimum atomic E-state index is 0.707. The maximum atomic E-state index is 8.36. The largest absolute Gasteiger partial charge is 0.317 e. The summed E-state index contributed by atoms with van der Waals surface area (Å²) in [6.07, 6.45) is 13.3. The SMILES string of the molecule is [C-]#[N+]CCCCCCCCCCCCC#N. The van der Waals surface area contributed by atoms with Gasteiger partial charge in [0, 0.05) is 12.8 Å². The molecule has 0 radical (unpaired) electrons. The van der Waals surface area contributed by atoms with Crippen LogP contribution < -0.4 is 0 Å². The summed E-state index contributed by atoms with van der Waals surface area (Å²) in [4.78, 5) is 3.35. The van der Waals surface area contributed by atoms with Gasteiger partial charge < -0.3 is 4.85 Å². The lowest BCUT2D eigenvalue weighted by Crippen LogP contribution is -1.83. The van der Waals surface area contributed by atoms with Crippen molar-refractivity contribution < 1.29 is 0 Å². The van der Waals surface area contributed by atoms with Crippen molar-refractivity contribution in [3.8, 4) is 6.07 Å². The Morgan fingerprint density at radius 2 is 1.19 bits per heavy atom. The Labute approximate surface area is 100 Å². The normalized spacial score (nSPS) is 9.62. The second-order valence-electron chi connectivity index (χ2n) is 4.33. The van der Waals surface area contributed by atoms with E-state index < -0.39 is 0 Å². The van der Waals surface area contributed by atoms with Crippen molar-refractivity contribution >= 4 is 0 Å². The molecule has 0 rings (SSSR count). The van der Waals surface area contributed by atoms with Gasteiger partial charge in [-0.1, -0.05) is 44.9 Å². The standard InChI is InChI=1S/C14H24N2/c1-16-14-12-10-8-6-4-2-3-5-7-9-11-13-15/h2-12,14H2. The number of nitriles is 1. The summed E-state index contributed by atoms with van der Waals surface area (Å²) in [5, 5.41) is 8.36. The molecule has 0 spiro atoms. The third-order valence-electron chi connectivity index (χ3n) is 2.81. The average molecular weight is 220 g/mol. The monoisotopic (exact) mass is 220 g/mol. The predicted octanol–water partition coefficient (Wildman–Crippen LogP) is 4.72. The van der Waals surface area contributed by atoms with Crippen LogP contribution in [0.4, 0.5) is 0 Å². The first-order valence-electron chi connectivity index (χ1n) is 6.62. The molecular formula is C14H24N2. The Balaban J connectivity index is 2.89. The van der Waals surface area contributed by atoms with E-state index in [1.807, 2.05) is 0 Å². The van der Waals surface area contributed by atoms with Gasteiger partial charge in [-0.3, -0.25) is 0 Å². The van der Waals surface area contributed by atoms with Gasteiger partial charge in [0.15, 0.2) is 0 Å². The highest BCUT2D eigenvalue weighted by Gasteiger charge is 1.93. The first-order valence-corrected chi connectivity index (χ1v) is 6.62. The minimum Gasteiger partial charge on any atom is -0.317 e. The van der Waals surface area contributed by atoms with E-state index in [2.05, 4.69) is 10.9 Å². The van der Waals surface area contributed by atoms with Crippen molar-refractivity contribution in [3.05, 3.63) is 11.4 Å². The highest BCUT2D eigenvalue weighted by molar-refractivity contribution is 4.67. The third kappa shape index (κ3) is 13.0. The maximum Gasteiger partial charge on any atom is 0.214 e. The van der Waals surface area contributed by atoms with E-state index in [0.717, 1.165) is 19.3 Å². The van der Waals surface area contributed by atoms with Gasteiger partial charge in [0.1, 0.15) is 0 Å². The summed E-state index contributed by atoms with van der Waals surface area (Å²) >= 11 is 0. The predicted molar refractivity (Wildman–Crippen MR) is 67.9 cm³/mol. The van der Waals surface area contributed by atoms with Crippen molar-refractivity contribution in [2.45, 2.75) is 70.6 Å². The lowest BCUT2D eigenvalue weighted by atomic mass is 10.1. The average Bonchev–Trinajstić information content (AvgIpc) is 2.31. The van der Waals surface area contributed by atoms with Crippen molar-refractivity contribution in [1.29, 1.82) is 5.26 Å². The first-order chi connectivity index (χ1) is 7.91. The number of hydrogen-bond donors (Lipinski definition) is 0. The Hall–Kier alpha value is -1.02. The first kappa shape index (κ1) is 15.0. The van der Waals surface area contributed by atoms with Crippen molar-refractivity contribution in [3.63, 3.8) is 0 Å². The molecule has 0 heterocycles. The van der Waals surface area contributed by atoms with Gasteiger partial charge in [0.2, 0.25) is 6.54 Å². The topological polar surface area (TPSA) is 28.1 Å². The van der Waals surface area contributed by atoms with Crippen LogP contribution in [0.5, 0.6) is 0 Å². The molecule has 0 bridgehead atoms. The van der Waals surface area contributed by atoms with Gasteiger partial charge in [0.05, 0.1) is 6.07 Å². The summed E-state index contributed by atoms with van der Waals surface area (Å²) < 4.78 is 0. The highest BCUT2D eigenvalue weighted by Crippen LogP contribution is 2.11. The van der Waals surface area contributed by atoms with E-state index in [1.54, 1.807) is 0 Å². The molecule has 0 aromatic carbocycles. The van der Waals surface area contributed by atoms with E-state index in [1.165, 1.54) is 51.4 Å². The number of hydrogen-bond acceptors (Lipinski definition) is 1. The van der Waals surface area contributed by atoms with Crippen molar-refractivity contribution in [2.24, 2.45) is 0 Å². The Kier molecular flexibility index (Phi) is 13.1. The second-order valence-corrected chi connectivity index (χ2v) is 4.33. The van der Waals surface area contributed by atoms with Gasteiger partial charge >= 0.3 is 0 Å². The molecule has 0 fully saturated rings. The van der Waals surface area contributed by atoms with Crippen LogP contribution in [-0.4, -0.2) is 6.54 Å². The molecule has 0 N–H and O–H groups in total. The molecule has 2 nitrogen and oxygen atoms in total. The van der Waals surface area contributed by atoms with E-state index in [-0.39, 0.29) is 0 Å². The fourth-order valence-corrected chi connectivity index (χ4v) is 1.81. The molecule has 0 aliphatic heterocycles. The summed E-state index contributed by atoms with van der Waals surface area (Å²) in [5.41, 5.74) is 0. The molecule has 16 heavy (non-hydrogen) atoms. The Morgan fingerprint density at radius 3 is 1.62 bits per heavy atom. The number of rotatable bonds is 11. The molecular weight excluding hydrogens is 196 g/mol. The highest BCUT2D eigenvalue weighted by atomic mass is 14.6. The van der Waals surface area contributed by atoms with Crippen molar-refractivity contribution in [1.82, 2.24) is 0 Å². The van der Waals surface area contributed by atoms with Crippen LogP contribution in [0.15, 0.2) is 0 Å². The van der Waals surface area contributed by atoms with E-state index in [0.29, 0.717) is 6.54 Å². The smallest absolute Gasteiger partial charge is 0.214 e. The van der Waals surface area contributed by atoms with E-state index in [9.17, 15) is 0 Å². The third-order valence-corrected chi connectivity index (χ3v) is 2.81. The molecule has 0 amide bonds. The molecule has 0 aromatic heterocycles. The Morgan fingerprint density at radius 1 is 0.750 bits per heavy atom. The lowest BCUT2D eigenvalue weighted by Gasteiger charge is -2.00. The second kappa shape index (κ2) is 14.0. The van der Waals surface area contributed by atoms with Gasteiger partial charge in [-0.25, -0.2) is 6.57 Å². The molecule has 0 atom stereocenters. The van der Waals surface area contributed by atoms with Crippen LogP contribution in [0.2, 0.25) is 0 Å². The quantitative estimate of drug-likeness (QED) is 0.366. The number of nitrogens with zero attached hydrogens (tertiary/aromatic N) is 2. The summed E-state index contributed by atoms with van der Waals surface area (Å²) in [6, 6.07) is 2.18. The molecule has 0 aromatic rings. The van der Waals surface area contributed by atoms with Gasteiger partial charge in [0.25, 0.3) is 0 Å². The maximum absolute atomic E-state index is 8.36. The van der Waals surface area contributed by atoms with Gasteiger partial charge in [-0.15, -0.1) is 0 Å². The molecule has 0 unspecified atom stereocenters. The molecule has 0 aliphatic rings. The minimum absolute atomic E-state index is 0.707. The molecule has 2 heteroatoms. The van der Waals surface area contributed by atoms with Crippen LogP contribution in [0, 0.1) is 17.9 Å². The van der Waals surface area contributed by atoms with Crippen molar-refractivity contribution in [2.75, 3.05) is 6.54 Å². The summed E-state index contributed by atoms with van der Waals surface area (Å²) in [6.45, 7) is 7.36. The molecule has 0 saturated heterocycles. The van der Waals surface area contributed by atoms with Crippen LogP contribution >= 0.6 is 0 Å². The molecule has 0 aliphatic carbocycles. The lowest BCUT2D eigenvalue weighted by molar-refractivity contribution is 0.557.